The summed E-state index contributed by atoms with van der Waals surface area (Å²) in [6.45, 7) is 2.38. The zero-order valence-corrected chi connectivity index (χ0v) is 14.1. The minimum atomic E-state index is -0.496. The number of amides is 1. The molecular weight excluding hydrogens is 338 g/mol. The standard InChI is InChI=1S/C17H15N5O4/c1-3-24-12-6-4-5-10-9-13(25-14(10)12)15(23)19-17-21-20-16(26-17)11-7-8-18-22(11)2/h4-9H,3H2,1-2H3,(H,19,21,23). The van der Waals surface area contributed by atoms with E-state index in [1.54, 1.807) is 36.1 Å². The van der Waals surface area contributed by atoms with Crippen molar-refractivity contribution in [3.8, 4) is 17.3 Å². The third-order valence-electron chi connectivity index (χ3n) is 3.72. The molecule has 0 aliphatic carbocycles. The highest BCUT2D eigenvalue weighted by atomic mass is 16.5. The second kappa shape index (κ2) is 6.36. The molecule has 0 spiro atoms. The number of hydrogen-bond donors (Lipinski definition) is 1. The van der Waals surface area contributed by atoms with Gasteiger partial charge in [-0.15, -0.1) is 5.10 Å². The number of carbonyl (C=O) groups excluding carboxylic acids is 1. The van der Waals surface area contributed by atoms with Gasteiger partial charge in [-0.05, 0) is 25.1 Å². The zero-order valence-electron chi connectivity index (χ0n) is 14.1. The van der Waals surface area contributed by atoms with E-state index in [4.69, 9.17) is 13.6 Å². The van der Waals surface area contributed by atoms with Crippen LogP contribution in [0.4, 0.5) is 6.01 Å². The van der Waals surface area contributed by atoms with Gasteiger partial charge in [0.05, 0.1) is 6.61 Å². The van der Waals surface area contributed by atoms with Gasteiger partial charge < -0.3 is 13.6 Å². The van der Waals surface area contributed by atoms with Crippen LogP contribution >= 0.6 is 0 Å². The molecule has 132 valence electrons. The molecule has 1 aromatic carbocycles. The van der Waals surface area contributed by atoms with Gasteiger partial charge >= 0.3 is 6.01 Å². The predicted octanol–water partition coefficient (Wildman–Crippen LogP) is 2.87. The summed E-state index contributed by atoms with van der Waals surface area (Å²) < 4.78 is 18.2. The third kappa shape index (κ3) is 2.79. The first kappa shape index (κ1) is 15.9. The van der Waals surface area contributed by atoms with Crippen molar-refractivity contribution in [3.63, 3.8) is 0 Å². The Balaban J connectivity index is 1.57. The number of ether oxygens (including phenoxy) is 1. The number of carbonyl (C=O) groups is 1. The van der Waals surface area contributed by atoms with Crippen LogP contribution in [0.2, 0.25) is 0 Å². The minimum Gasteiger partial charge on any atom is -0.490 e. The molecule has 0 aliphatic rings. The van der Waals surface area contributed by atoms with Gasteiger partial charge in [-0.25, -0.2) is 0 Å². The molecule has 3 heterocycles. The summed E-state index contributed by atoms with van der Waals surface area (Å²) in [7, 11) is 1.75. The van der Waals surface area contributed by atoms with Crippen LogP contribution in [0.5, 0.6) is 5.75 Å². The van der Waals surface area contributed by atoms with Crippen molar-refractivity contribution in [3.05, 3.63) is 42.3 Å². The van der Waals surface area contributed by atoms with Crippen molar-refractivity contribution < 1.29 is 18.4 Å². The summed E-state index contributed by atoms with van der Waals surface area (Å²) in [4.78, 5) is 12.4. The van der Waals surface area contributed by atoms with Crippen LogP contribution in [0.25, 0.3) is 22.6 Å². The van der Waals surface area contributed by atoms with Gasteiger partial charge in [-0.3, -0.25) is 14.8 Å². The summed E-state index contributed by atoms with van der Waals surface area (Å²) in [5, 5.41) is 15.1. The number of nitrogens with one attached hydrogen (secondary N) is 1. The Morgan fingerprint density at radius 1 is 1.27 bits per heavy atom. The first-order valence-electron chi connectivity index (χ1n) is 7.94. The zero-order chi connectivity index (χ0) is 18.1. The highest BCUT2D eigenvalue weighted by Gasteiger charge is 2.18. The SMILES string of the molecule is CCOc1cccc2cc(C(=O)Nc3nnc(-c4ccnn4C)o3)oc12. The Bertz CT molecular complexity index is 1080. The number of benzene rings is 1. The van der Waals surface area contributed by atoms with E-state index >= 15 is 0 Å². The van der Waals surface area contributed by atoms with Crippen LogP contribution in [0.1, 0.15) is 17.5 Å². The van der Waals surface area contributed by atoms with E-state index < -0.39 is 5.91 Å². The first-order valence-corrected chi connectivity index (χ1v) is 7.94. The van der Waals surface area contributed by atoms with E-state index in [1.807, 2.05) is 19.1 Å². The molecule has 0 fully saturated rings. The van der Waals surface area contributed by atoms with Crippen LogP contribution in [0.3, 0.4) is 0 Å². The molecule has 0 atom stereocenters. The van der Waals surface area contributed by atoms with E-state index in [0.29, 0.717) is 23.6 Å². The molecule has 0 saturated heterocycles. The summed E-state index contributed by atoms with van der Waals surface area (Å²) >= 11 is 0. The molecule has 9 nitrogen and oxygen atoms in total. The summed E-state index contributed by atoms with van der Waals surface area (Å²) in [5.74, 6) is 0.458. The molecule has 1 N–H and O–H groups in total. The van der Waals surface area contributed by atoms with Gasteiger partial charge in [0.15, 0.2) is 17.1 Å². The van der Waals surface area contributed by atoms with E-state index in [2.05, 4.69) is 20.6 Å². The normalized spacial score (nSPS) is 11.0. The molecule has 9 heteroatoms. The van der Waals surface area contributed by atoms with E-state index in [9.17, 15) is 4.79 Å². The fraction of sp³-hybridized carbons (Fsp3) is 0.176. The Kier molecular flexibility index (Phi) is 3.88. The Labute approximate surface area is 147 Å². The lowest BCUT2D eigenvalue weighted by Crippen LogP contribution is -2.11. The number of aromatic nitrogens is 4. The fourth-order valence-corrected chi connectivity index (χ4v) is 2.54. The van der Waals surface area contributed by atoms with Crippen molar-refractivity contribution in [1.29, 1.82) is 0 Å². The predicted molar refractivity (Wildman–Crippen MR) is 91.8 cm³/mol. The van der Waals surface area contributed by atoms with Crippen LogP contribution in [-0.4, -0.2) is 32.5 Å². The average Bonchev–Trinajstić information content (AvgIpc) is 3.34. The van der Waals surface area contributed by atoms with E-state index in [0.717, 1.165) is 5.39 Å². The second-order valence-electron chi connectivity index (χ2n) is 5.42. The highest BCUT2D eigenvalue weighted by molar-refractivity contribution is 6.04. The van der Waals surface area contributed by atoms with Crippen LogP contribution in [-0.2, 0) is 7.05 Å². The van der Waals surface area contributed by atoms with Gasteiger partial charge in [0.2, 0.25) is 0 Å². The number of anilines is 1. The van der Waals surface area contributed by atoms with Gasteiger partial charge in [-0.2, -0.15) is 5.10 Å². The lowest BCUT2D eigenvalue weighted by Gasteiger charge is -2.02. The number of nitrogens with zero attached hydrogens (tertiary/aromatic N) is 4. The van der Waals surface area contributed by atoms with Crippen LogP contribution in [0.15, 0.2) is 45.4 Å². The molecular formula is C17H15N5O4. The van der Waals surface area contributed by atoms with E-state index in [1.165, 1.54) is 0 Å². The molecule has 4 aromatic rings. The van der Waals surface area contributed by atoms with Gasteiger partial charge in [0.25, 0.3) is 11.8 Å². The molecule has 0 aliphatic heterocycles. The highest BCUT2D eigenvalue weighted by Crippen LogP contribution is 2.29. The maximum absolute atomic E-state index is 12.4. The first-order chi connectivity index (χ1) is 12.7. The quantitative estimate of drug-likeness (QED) is 0.587. The van der Waals surface area contributed by atoms with Gasteiger partial charge in [-0.1, -0.05) is 17.2 Å². The van der Waals surface area contributed by atoms with Crippen LogP contribution in [0, 0.1) is 0 Å². The Hall–Kier alpha value is -3.62. The van der Waals surface area contributed by atoms with Crippen molar-refractivity contribution >= 4 is 22.9 Å². The fourth-order valence-electron chi connectivity index (χ4n) is 2.54. The largest absolute Gasteiger partial charge is 0.490 e. The molecule has 1 amide bonds. The number of aryl methyl sites for hydroxylation is 1. The van der Waals surface area contributed by atoms with Crippen molar-refractivity contribution in [1.82, 2.24) is 20.0 Å². The minimum absolute atomic E-state index is 0.0308. The Morgan fingerprint density at radius 2 is 2.15 bits per heavy atom. The third-order valence-corrected chi connectivity index (χ3v) is 3.72. The summed E-state index contributed by atoms with van der Waals surface area (Å²) in [5.41, 5.74) is 1.16. The molecule has 0 bridgehead atoms. The molecule has 4 rings (SSSR count). The van der Waals surface area contributed by atoms with Gasteiger partial charge in [0.1, 0.15) is 5.69 Å². The molecule has 0 saturated carbocycles. The van der Waals surface area contributed by atoms with Crippen molar-refractivity contribution in [2.45, 2.75) is 6.92 Å². The Morgan fingerprint density at radius 3 is 2.92 bits per heavy atom. The number of fused-ring (bicyclic) bond motifs is 1. The lowest BCUT2D eigenvalue weighted by molar-refractivity contribution is 0.0995. The smallest absolute Gasteiger partial charge is 0.322 e. The monoisotopic (exact) mass is 353 g/mol. The molecule has 26 heavy (non-hydrogen) atoms. The topological polar surface area (TPSA) is 108 Å². The number of furan rings is 1. The second-order valence-corrected chi connectivity index (χ2v) is 5.42. The molecule has 3 aromatic heterocycles. The van der Waals surface area contributed by atoms with Crippen molar-refractivity contribution in [2.24, 2.45) is 7.05 Å². The number of hydrogen-bond acceptors (Lipinski definition) is 7. The molecule has 0 radical (unpaired) electrons. The molecule has 0 unspecified atom stereocenters. The van der Waals surface area contributed by atoms with Crippen LogP contribution < -0.4 is 10.1 Å². The lowest BCUT2D eigenvalue weighted by atomic mass is 10.2. The summed E-state index contributed by atoms with van der Waals surface area (Å²) in [6.07, 6.45) is 1.61. The van der Waals surface area contributed by atoms with E-state index in [-0.39, 0.29) is 17.7 Å². The number of para-hydroxylation sites is 1. The summed E-state index contributed by atoms with van der Waals surface area (Å²) in [6, 6.07) is 8.79. The van der Waals surface area contributed by atoms with Crippen molar-refractivity contribution in [2.75, 3.05) is 11.9 Å². The maximum atomic E-state index is 12.4. The number of rotatable bonds is 5. The average molecular weight is 353 g/mol. The maximum Gasteiger partial charge on any atom is 0.322 e. The van der Waals surface area contributed by atoms with Gasteiger partial charge in [0, 0.05) is 18.6 Å².